The third-order valence-corrected chi connectivity index (χ3v) is 5.01. The molecular formula is C16H16N4O3S. The Morgan fingerprint density at radius 2 is 2.29 bits per heavy atom. The minimum atomic E-state index is -0.483. The van der Waals surface area contributed by atoms with Gasteiger partial charge in [-0.15, -0.1) is 11.3 Å². The highest BCUT2D eigenvalue weighted by atomic mass is 32.1. The van der Waals surface area contributed by atoms with E-state index < -0.39 is 10.8 Å². The number of aliphatic imine (C=N–C) groups is 1. The fraction of sp³-hybridized carbons (Fsp3) is 0.250. The van der Waals surface area contributed by atoms with Crippen molar-refractivity contribution >= 4 is 34.1 Å². The van der Waals surface area contributed by atoms with E-state index >= 15 is 0 Å². The zero-order valence-corrected chi connectivity index (χ0v) is 13.9. The number of fused-ring (bicyclic) bond motifs is 1. The molecule has 1 aliphatic rings. The standard InChI is InChI=1S/C16H16N4O3S/c1-19-6-5-12-13(9-19)24-16(14(12)15(17)21)18-8-10-3-2-4-11(7-10)20(22)23/h2-4,7-8H,5-6,9H2,1H3,(H2,17,21). The van der Waals surface area contributed by atoms with Crippen LogP contribution in [0.4, 0.5) is 10.7 Å². The van der Waals surface area contributed by atoms with Crippen LogP contribution in [0.15, 0.2) is 29.3 Å². The first kappa shape index (κ1) is 16.3. The first-order valence-corrected chi connectivity index (χ1v) is 8.18. The van der Waals surface area contributed by atoms with Gasteiger partial charge in [0.05, 0.1) is 10.5 Å². The van der Waals surface area contributed by atoms with Crippen molar-refractivity contribution in [3.8, 4) is 0 Å². The number of carbonyl (C=O) groups excluding carboxylic acids is 1. The topological polar surface area (TPSA) is 102 Å². The van der Waals surface area contributed by atoms with Crippen LogP contribution in [-0.2, 0) is 13.0 Å². The van der Waals surface area contributed by atoms with Crippen LogP contribution in [0.2, 0.25) is 0 Å². The summed E-state index contributed by atoms with van der Waals surface area (Å²) in [6.07, 6.45) is 2.30. The molecule has 2 heterocycles. The number of nitrogens with zero attached hydrogens (tertiary/aromatic N) is 3. The Hall–Kier alpha value is -2.58. The van der Waals surface area contributed by atoms with E-state index in [4.69, 9.17) is 5.73 Å². The molecule has 0 unspecified atom stereocenters. The summed E-state index contributed by atoms with van der Waals surface area (Å²) in [5.74, 6) is -0.483. The van der Waals surface area contributed by atoms with E-state index in [1.54, 1.807) is 12.1 Å². The van der Waals surface area contributed by atoms with Gasteiger partial charge in [0.25, 0.3) is 11.6 Å². The summed E-state index contributed by atoms with van der Waals surface area (Å²) < 4.78 is 0. The van der Waals surface area contributed by atoms with Crippen molar-refractivity contribution in [3.05, 3.63) is 55.9 Å². The van der Waals surface area contributed by atoms with E-state index in [2.05, 4.69) is 9.89 Å². The van der Waals surface area contributed by atoms with Crippen molar-refractivity contribution in [2.24, 2.45) is 10.7 Å². The number of thiophene rings is 1. The highest BCUT2D eigenvalue weighted by Crippen LogP contribution is 2.38. The van der Waals surface area contributed by atoms with Crippen LogP contribution in [0, 0.1) is 10.1 Å². The molecule has 0 radical (unpaired) electrons. The third-order valence-electron chi connectivity index (χ3n) is 3.89. The van der Waals surface area contributed by atoms with Crippen LogP contribution in [0.25, 0.3) is 0 Å². The first-order valence-electron chi connectivity index (χ1n) is 7.37. The number of non-ortho nitro benzene ring substituents is 1. The van der Waals surface area contributed by atoms with Gasteiger partial charge in [-0.1, -0.05) is 12.1 Å². The Balaban J connectivity index is 1.96. The second-order valence-electron chi connectivity index (χ2n) is 5.65. The van der Waals surface area contributed by atoms with Crippen molar-refractivity contribution in [2.45, 2.75) is 13.0 Å². The summed E-state index contributed by atoms with van der Waals surface area (Å²) in [5.41, 5.74) is 7.60. The monoisotopic (exact) mass is 344 g/mol. The van der Waals surface area contributed by atoms with E-state index in [-0.39, 0.29) is 5.69 Å². The number of hydrogen-bond acceptors (Lipinski definition) is 6. The SMILES string of the molecule is CN1CCc2c(sc(N=Cc3cccc([N+](=O)[O-])c3)c2C(N)=O)C1. The molecule has 0 fully saturated rings. The van der Waals surface area contributed by atoms with Gasteiger partial charge in [0.2, 0.25) is 0 Å². The summed E-state index contributed by atoms with van der Waals surface area (Å²) in [7, 11) is 2.03. The number of rotatable bonds is 4. The van der Waals surface area contributed by atoms with Crippen molar-refractivity contribution in [1.82, 2.24) is 4.90 Å². The molecule has 0 aliphatic carbocycles. The minimum Gasteiger partial charge on any atom is -0.365 e. The normalized spacial score (nSPS) is 14.7. The first-order chi connectivity index (χ1) is 11.5. The van der Waals surface area contributed by atoms with Gasteiger partial charge in [-0.3, -0.25) is 14.9 Å². The van der Waals surface area contributed by atoms with Crippen LogP contribution in [-0.4, -0.2) is 35.5 Å². The molecule has 0 spiro atoms. The number of carbonyl (C=O) groups is 1. The average molecular weight is 344 g/mol. The second kappa shape index (κ2) is 6.50. The van der Waals surface area contributed by atoms with Gasteiger partial charge < -0.3 is 10.6 Å². The zero-order chi connectivity index (χ0) is 17.3. The zero-order valence-electron chi connectivity index (χ0n) is 13.1. The largest absolute Gasteiger partial charge is 0.365 e. The number of likely N-dealkylation sites (N-methyl/N-ethyl adjacent to an activating group) is 1. The molecule has 7 nitrogen and oxygen atoms in total. The maximum atomic E-state index is 11.8. The van der Waals surface area contributed by atoms with Crippen LogP contribution < -0.4 is 5.73 Å². The number of hydrogen-bond donors (Lipinski definition) is 1. The summed E-state index contributed by atoms with van der Waals surface area (Å²) in [6, 6.07) is 6.19. The van der Waals surface area contributed by atoms with E-state index in [9.17, 15) is 14.9 Å². The molecule has 24 heavy (non-hydrogen) atoms. The van der Waals surface area contributed by atoms with E-state index in [1.165, 1.54) is 29.7 Å². The number of primary amides is 1. The smallest absolute Gasteiger partial charge is 0.270 e. The number of nitro benzene ring substituents is 1. The highest BCUT2D eigenvalue weighted by Gasteiger charge is 2.25. The van der Waals surface area contributed by atoms with Gasteiger partial charge in [0.15, 0.2) is 0 Å². The predicted molar refractivity (Wildman–Crippen MR) is 93.2 cm³/mol. The molecule has 0 bridgehead atoms. The Morgan fingerprint density at radius 3 is 3.00 bits per heavy atom. The Bertz CT molecular complexity index is 844. The maximum Gasteiger partial charge on any atom is 0.270 e. The molecule has 0 saturated heterocycles. The minimum absolute atomic E-state index is 0.00109. The summed E-state index contributed by atoms with van der Waals surface area (Å²) in [6.45, 7) is 1.64. The fourth-order valence-corrected chi connectivity index (χ4v) is 3.99. The van der Waals surface area contributed by atoms with Gasteiger partial charge in [-0.2, -0.15) is 0 Å². The van der Waals surface area contributed by atoms with Crippen molar-refractivity contribution in [1.29, 1.82) is 0 Å². The van der Waals surface area contributed by atoms with Crippen LogP contribution >= 0.6 is 11.3 Å². The van der Waals surface area contributed by atoms with Gasteiger partial charge in [0.1, 0.15) is 5.00 Å². The van der Waals surface area contributed by atoms with Crippen molar-refractivity contribution in [2.75, 3.05) is 13.6 Å². The molecular weight excluding hydrogens is 328 g/mol. The number of benzene rings is 1. The molecule has 1 aliphatic heterocycles. The molecule has 0 saturated carbocycles. The lowest BCUT2D eigenvalue weighted by atomic mass is 10.0. The Kier molecular flexibility index (Phi) is 4.41. The van der Waals surface area contributed by atoms with Crippen LogP contribution in [0.3, 0.4) is 0 Å². The molecule has 0 atom stereocenters. The van der Waals surface area contributed by atoms with Gasteiger partial charge in [-0.05, 0) is 24.6 Å². The molecule has 1 aromatic carbocycles. The van der Waals surface area contributed by atoms with Gasteiger partial charge in [-0.25, -0.2) is 4.99 Å². The summed E-state index contributed by atoms with van der Waals surface area (Å²) >= 11 is 1.45. The Labute approximate surface area is 142 Å². The lowest BCUT2D eigenvalue weighted by Crippen LogP contribution is -2.26. The Morgan fingerprint density at radius 1 is 1.50 bits per heavy atom. The quantitative estimate of drug-likeness (QED) is 0.523. The molecule has 1 amide bonds. The summed E-state index contributed by atoms with van der Waals surface area (Å²) in [5, 5.41) is 11.4. The van der Waals surface area contributed by atoms with E-state index in [1.807, 2.05) is 7.05 Å². The molecule has 8 heteroatoms. The molecule has 2 N–H and O–H groups in total. The van der Waals surface area contributed by atoms with E-state index in [0.717, 1.165) is 30.0 Å². The van der Waals surface area contributed by atoms with Gasteiger partial charge >= 0.3 is 0 Å². The van der Waals surface area contributed by atoms with E-state index in [0.29, 0.717) is 16.1 Å². The van der Waals surface area contributed by atoms with Crippen LogP contribution in [0.5, 0.6) is 0 Å². The average Bonchev–Trinajstić information content (AvgIpc) is 2.90. The molecule has 2 aromatic rings. The third kappa shape index (κ3) is 3.19. The van der Waals surface area contributed by atoms with Gasteiger partial charge in [0, 0.05) is 36.3 Å². The fourth-order valence-electron chi connectivity index (χ4n) is 2.71. The van der Waals surface area contributed by atoms with Crippen molar-refractivity contribution in [3.63, 3.8) is 0 Å². The molecule has 3 rings (SSSR count). The van der Waals surface area contributed by atoms with Crippen molar-refractivity contribution < 1.29 is 9.72 Å². The number of amides is 1. The molecule has 1 aromatic heterocycles. The highest BCUT2D eigenvalue weighted by molar-refractivity contribution is 7.16. The second-order valence-corrected chi connectivity index (χ2v) is 6.73. The summed E-state index contributed by atoms with van der Waals surface area (Å²) in [4.78, 5) is 29.9. The lowest BCUT2D eigenvalue weighted by Gasteiger charge is -2.22. The maximum absolute atomic E-state index is 11.8. The van der Waals surface area contributed by atoms with Crippen LogP contribution in [0.1, 0.15) is 26.4 Å². The lowest BCUT2D eigenvalue weighted by molar-refractivity contribution is -0.384. The number of nitro groups is 1. The number of nitrogens with two attached hydrogens (primary N) is 1. The predicted octanol–water partition coefficient (Wildman–Crippen LogP) is 2.49. The molecule has 124 valence electrons.